The Bertz CT molecular complexity index is 512. The van der Waals surface area contributed by atoms with Crippen LogP contribution in [0.4, 0.5) is 0 Å². The minimum Gasteiger partial charge on any atom is -0.0654 e. The molecule has 0 fully saturated rings. The third-order valence-corrected chi connectivity index (χ3v) is 4.66. The average Bonchev–Trinajstić information content (AvgIpc) is 2.62. The van der Waals surface area contributed by atoms with Crippen molar-refractivity contribution in [2.24, 2.45) is 0 Å². The topological polar surface area (TPSA) is 0 Å². The van der Waals surface area contributed by atoms with Gasteiger partial charge < -0.3 is 0 Å². The first-order valence-corrected chi connectivity index (χ1v) is 10.2. The van der Waals surface area contributed by atoms with Crippen LogP contribution in [0.1, 0.15) is 80.5 Å². The first kappa shape index (κ1) is 21.5. The highest BCUT2D eigenvalue weighted by Gasteiger charge is 1.94. The molecule has 25 heavy (non-hydrogen) atoms. The molecule has 0 spiro atoms. The van der Waals surface area contributed by atoms with E-state index in [2.05, 4.69) is 76.2 Å². The zero-order chi connectivity index (χ0) is 18.3. The molecule has 0 bridgehead atoms. The molecule has 138 valence electrons. The van der Waals surface area contributed by atoms with Crippen LogP contribution in [0, 0.1) is 20.8 Å². The largest absolute Gasteiger partial charge is 0.0654 e. The third kappa shape index (κ3) is 11.6. The fraction of sp³-hybridized carbons (Fsp3) is 0.520. The first-order chi connectivity index (χ1) is 12.1. The SMILES string of the molecule is CCCCCCCCCCc1ccc(C)cc1.Cc1ccc(C)cc1. The molecule has 2 aromatic rings. The van der Waals surface area contributed by atoms with Crippen molar-refractivity contribution in [1.29, 1.82) is 0 Å². The van der Waals surface area contributed by atoms with Crippen molar-refractivity contribution in [1.82, 2.24) is 0 Å². The second kappa shape index (κ2) is 13.7. The van der Waals surface area contributed by atoms with E-state index < -0.39 is 0 Å². The van der Waals surface area contributed by atoms with Crippen LogP contribution < -0.4 is 0 Å². The highest BCUT2D eigenvalue weighted by molar-refractivity contribution is 5.21. The third-order valence-electron chi connectivity index (χ3n) is 4.66. The Balaban J connectivity index is 0.000000324. The summed E-state index contributed by atoms with van der Waals surface area (Å²) in [5.74, 6) is 0. The van der Waals surface area contributed by atoms with Gasteiger partial charge >= 0.3 is 0 Å². The molecule has 0 radical (unpaired) electrons. The zero-order valence-electron chi connectivity index (χ0n) is 17.0. The zero-order valence-corrected chi connectivity index (χ0v) is 17.0. The quantitative estimate of drug-likeness (QED) is 0.406. The molecule has 0 aliphatic rings. The normalized spacial score (nSPS) is 10.2. The summed E-state index contributed by atoms with van der Waals surface area (Å²) in [6, 6.07) is 17.5. The number of hydrogen-bond donors (Lipinski definition) is 0. The monoisotopic (exact) mass is 338 g/mol. The van der Waals surface area contributed by atoms with Crippen LogP contribution in [0.2, 0.25) is 0 Å². The Morgan fingerprint density at radius 1 is 0.480 bits per heavy atom. The van der Waals surface area contributed by atoms with Gasteiger partial charge in [-0.3, -0.25) is 0 Å². The highest BCUT2D eigenvalue weighted by atomic mass is 14.0. The number of aryl methyl sites for hydroxylation is 4. The van der Waals surface area contributed by atoms with Crippen LogP contribution in [-0.4, -0.2) is 0 Å². The maximum Gasteiger partial charge on any atom is -0.0279 e. The Hall–Kier alpha value is -1.56. The summed E-state index contributed by atoms with van der Waals surface area (Å²) in [4.78, 5) is 0. The van der Waals surface area contributed by atoms with Crippen LogP contribution in [0.25, 0.3) is 0 Å². The van der Waals surface area contributed by atoms with E-state index in [4.69, 9.17) is 0 Å². The highest BCUT2D eigenvalue weighted by Crippen LogP contribution is 2.11. The van der Waals surface area contributed by atoms with Gasteiger partial charge in [0, 0.05) is 0 Å². The summed E-state index contributed by atoms with van der Waals surface area (Å²) in [5.41, 5.74) is 5.53. The average molecular weight is 339 g/mol. The lowest BCUT2D eigenvalue weighted by Gasteiger charge is -2.03. The summed E-state index contributed by atoms with van der Waals surface area (Å²) in [6.45, 7) is 8.63. The van der Waals surface area contributed by atoms with Gasteiger partial charge in [0.05, 0.1) is 0 Å². The Kier molecular flexibility index (Phi) is 11.8. The van der Waals surface area contributed by atoms with Crippen molar-refractivity contribution >= 4 is 0 Å². The summed E-state index contributed by atoms with van der Waals surface area (Å²) in [5, 5.41) is 0. The van der Waals surface area contributed by atoms with Crippen molar-refractivity contribution < 1.29 is 0 Å². The fourth-order valence-electron chi connectivity index (χ4n) is 2.85. The Morgan fingerprint density at radius 3 is 1.28 bits per heavy atom. The van der Waals surface area contributed by atoms with Gasteiger partial charge in [0.1, 0.15) is 0 Å². The van der Waals surface area contributed by atoms with Crippen LogP contribution in [0.3, 0.4) is 0 Å². The lowest BCUT2D eigenvalue weighted by atomic mass is 10.0. The van der Waals surface area contributed by atoms with E-state index in [0.717, 1.165) is 0 Å². The molecule has 0 saturated heterocycles. The summed E-state index contributed by atoms with van der Waals surface area (Å²) in [6.07, 6.45) is 12.5. The standard InChI is InChI=1S/C17H28.C8H10/c1-3-4-5-6-7-8-9-10-11-17-14-12-16(2)13-15-17;1-7-3-5-8(2)6-4-7/h12-15H,3-11H2,1-2H3;3-6H,1-2H3. The molecule has 0 aliphatic carbocycles. The summed E-state index contributed by atoms with van der Waals surface area (Å²) in [7, 11) is 0. The second-order valence-electron chi connectivity index (χ2n) is 7.37. The van der Waals surface area contributed by atoms with E-state index in [-0.39, 0.29) is 0 Å². The second-order valence-corrected chi connectivity index (χ2v) is 7.37. The molecule has 0 heterocycles. The van der Waals surface area contributed by atoms with E-state index >= 15 is 0 Å². The van der Waals surface area contributed by atoms with E-state index in [1.165, 1.54) is 80.0 Å². The molecule has 0 saturated carbocycles. The molecule has 0 unspecified atom stereocenters. The predicted octanol–water partition coefficient (Wildman–Crippen LogP) is 7.98. The molecule has 0 aromatic heterocycles. The van der Waals surface area contributed by atoms with Crippen LogP contribution in [0.15, 0.2) is 48.5 Å². The van der Waals surface area contributed by atoms with Crippen LogP contribution in [-0.2, 0) is 6.42 Å². The lowest BCUT2D eigenvalue weighted by Crippen LogP contribution is -1.86. The molecule has 0 amide bonds. The van der Waals surface area contributed by atoms with Crippen molar-refractivity contribution in [2.75, 3.05) is 0 Å². The van der Waals surface area contributed by atoms with Crippen molar-refractivity contribution in [3.05, 3.63) is 70.8 Å². The number of benzene rings is 2. The number of hydrogen-bond acceptors (Lipinski definition) is 0. The van der Waals surface area contributed by atoms with Gasteiger partial charge in [-0.25, -0.2) is 0 Å². The molecule has 2 aromatic carbocycles. The number of unbranched alkanes of at least 4 members (excludes halogenated alkanes) is 7. The number of rotatable bonds is 9. The molecule has 0 N–H and O–H groups in total. The minimum absolute atomic E-state index is 1.26. The smallest absolute Gasteiger partial charge is 0.0279 e. The van der Waals surface area contributed by atoms with E-state index in [1.54, 1.807) is 0 Å². The molecule has 0 nitrogen and oxygen atoms in total. The van der Waals surface area contributed by atoms with Gasteiger partial charge in [0.15, 0.2) is 0 Å². The lowest BCUT2D eigenvalue weighted by molar-refractivity contribution is 0.575. The van der Waals surface area contributed by atoms with E-state index in [1.807, 2.05) is 0 Å². The van der Waals surface area contributed by atoms with Gasteiger partial charge in [-0.15, -0.1) is 0 Å². The van der Waals surface area contributed by atoms with E-state index in [0.29, 0.717) is 0 Å². The predicted molar refractivity (Wildman–Crippen MR) is 113 cm³/mol. The van der Waals surface area contributed by atoms with Gasteiger partial charge in [0.2, 0.25) is 0 Å². The van der Waals surface area contributed by atoms with E-state index in [9.17, 15) is 0 Å². The van der Waals surface area contributed by atoms with Crippen molar-refractivity contribution in [3.8, 4) is 0 Å². The molecule has 0 atom stereocenters. The van der Waals surface area contributed by atoms with Gasteiger partial charge in [-0.2, -0.15) is 0 Å². The summed E-state index contributed by atoms with van der Waals surface area (Å²) >= 11 is 0. The van der Waals surface area contributed by atoms with Gasteiger partial charge in [-0.1, -0.05) is 117 Å². The maximum atomic E-state index is 2.28. The molecule has 0 heteroatoms. The van der Waals surface area contributed by atoms with Crippen molar-refractivity contribution in [2.45, 2.75) is 85.5 Å². The van der Waals surface area contributed by atoms with Gasteiger partial charge in [0.25, 0.3) is 0 Å². The van der Waals surface area contributed by atoms with Gasteiger partial charge in [-0.05, 0) is 39.2 Å². The molecular weight excluding hydrogens is 300 g/mol. The Morgan fingerprint density at radius 2 is 0.840 bits per heavy atom. The summed E-state index contributed by atoms with van der Waals surface area (Å²) < 4.78 is 0. The minimum atomic E-state index is 1.26. The van der Waals surface area contributed by atoms with Crippen LogP contribution in [0.5, 0.6) is 0 Å². The molecule has 2 rings (SSSR count). The molecule has 0 aliphatic heterocycles. The maximum absolute atomic E-state index is 2.28. The van der Waals surface area contributed by atoms with Crippen LogP contribution >= 0.6 is 0 Å². The molecular formula is C25H38. The first-order valence-electron chi connectivity index (χ1n) is 10.2. The van der Waals surface area contributed by atoms with Crippen molar-refractivity contribution in [3.63, 3.8) is 0 Å². The Labute approximate surface area is 156 Å². The fourth-order valence-corrected chi connectivity index (χ4v) is 2.85.